The molecule has 0 spiro atoms. The van der Waals surface area contributed by atoms with Gasteiger partial charge in [-0.25, -0.2) is 19.3 Å². The van der Waals surface area contributed by atoms with Gasteiger partial charge in [0, 0.05) is 12.5 Å². The van der Waals surface area contributed by atoms with E-state index in [2.05, 4.69) is 45.1 Å². The molecule has 2 aromatic heterocycles. The second-order valence-corrected chi connectivity index (χ2v) is 6.07. The van der Waals surface area contributed by atoms with Crippen LogP contribution in [0.5, 0.6) is 0 Å². The van der Waals surface area contributed by atoms with Crippen molar-refractivity contribution < 1.29 is 0 Å². The van der Waals surface area contributed by atoms with Gasteiger partial charge in [-0.05, 0) is 24.8 Å². The van der Waals surface area contributed by atoms with Gasteiger partial charge in [0.05, 0.1) is 0 Å². The van der Waals surface area contributed by atoms with Gasteiger partial charge in [-0.2, -0.15) is 10.2 Å². The molecule has 1 saturated carbocycles. The van der Waals surface area contributed by atoms with Crippen LogP contribution in [0.4, 0.5) is 0 Å². The van der Waals surface area contributed by atoms with E-state index in [1.165, 1.54) is 24.8 Å². The summed E-state index contributed by atoms with van der Waals surface area (Å²) >= 11 is 0. The Morgan fingerprint density at radius 2 is 2.00 bits per heavy atom. The van der Waals surface area contributed by atoms with Crippen LogP contribution in [0.25, 0.3) is 0 Å². The lowest BCUT2D eigenvalue weighted by Gasteiger charge is -2.24. The van der Waals surface area contributed by atoms with Crippen LogP contribution in [0.1, 0.15) is 42.4 Å². The molecule has 1 fully saturated rings. The monoisotopic (exact) mass is 308 g/mol. The van der Waals surface area contributed by atoms with Crippen molar-refractivity contribution in [3.63, 3.8) is 0 Å². The first-order valence-electron chi connectivity index (χ1n) is 8.18. The molecule has 0 unspecified atom stereocenters. The normalized spacial score (nSPS) is 14.8. The second kappa shape index (κ2) is 6.32. The van der Waals surface area contributed by atoms with Gasteiger partial charge in [0.15, 0.2) is 5.82 Å². The van der Waals surface area contributed by atoms with E-state index in [0.29, 0.717) is 12.5 Å². The molecule has 0 atom stereocenters. The number of benzene rings is 1. The molecule has 1 aliphatic carbocycles. The topological polar surface area (TPSA) is 61.4 Å². The van der Waals surface area contributed by atoms with Gasteiger partial charge in [0.2, 0.25) is 0 Å². The highest BCUT2D eigenvalue weighted by Gasteiger charge is 2.26. The van der Waals surface area contributed by atoms with Crippen molar-refractivity contribution in [2.75, 3.05) is 0 Å². The lowest BCUT2D eigenvalue weighted by molar-refractivity contribution is 0.379. The van der Waals surface area contributed by atoms with Gasteiger partial charge in [0.25, 0.3) is 0 Å². The van der Waals surface area contributed by atoms with Crippen molar-refractivity contribution >= 4 is 0 Å². The molecule has 0 bridgehead atoms. The van der Waals surface area contributed by atoms with Crippen molar-refractivity contribution in [3.8, 4) is 0 Å². The van der Waals surface area contributed by atoms with Crippen LogP contribution in [-0.2, 0) is 19.5 Å². The van der Waals surface area contributed by atoms with Crippen molar-refractivity contribution in [2.24, 2.45) is 0 Å². The number of aromatic nitrogens is 6. The number of aryl methyl sites for hydroxylation is 2. The number of hydrogen-bond acceptors (Lipinski definition) is 4. The molecule has 0 amide bonds. The largest absolute Gasteiger partial charge is 0.249 e. The molecule has 4 rings (SSSR count). The van der Waals surface area contributed by atoms with E-state index in [9.17, 15) is 0 Å². The minimum Gasteiger partial charge on any atom is -0.249 e. The van der Waals surface area contributed by atoms with E-state index in [-0.39, 0.29) is 0 Å². The standard InChI is InChI=1S/C17H20N6/c1-2-5-14(6-3-1)9-10-23-17(15-7-4-8-15)20-16(21-23)11-22-13-18-12-19-22/h1-3,5-6,12-13,15H,4,7-11H2. The molecule has 1 aromatic carbocycles. The molecule has 2 heterocycles. The Morgan fingerprint density at radius 1 is 1.13 bits per heavy atom. The SMILES string of the molecule is c1ccc(CCn2nc(Cn3cncn3)nc2C2CCC2)cc1. The zero-order valence-electron chi connectivity index (χ0n) is 13.0. The fraction of sp³-hybridized carbons (Fsp3) is 0.412. The summed E-state index contributed by atoms with van der Waals surface area (Å²) in [5.74, 6) is 2.54. The third-order valence-electron chi connectivity index (χ3n) is 4.44. The highest BCUT2D eigenvalue weighted by molar-refractivity contribution is 5.15. The third kappa shape index (κ3) is 3.16. The van der Waals surface area contributed by atoms with Crippen molar-refractivity contribution in [1.82, 2.24) is 29.5 Å². The highest BCUT2D eigenvalue weighted by Crippen LogP contribution is 2.35. The third-order valence-corrected chi connectivity index (χ3v) is 4.44. The van der Waals surface area contributed by atoms with Crippen LogP contribution in [0.2, 0.25) is 0 Å². The zero-order valence-corrected chi connectivity index (χ0v) is 13.0. The quantitative estimate of drug-likeness (QED) is 0.701. The van der Waals surface area contributed by atoms with E-state index in [4.69, 9.17) is 10.1 Å². The summed E-state index contributed by atoms with van der Waals surface area (Å²) in [6.45, 7) is 1.46. The summed E-state index contributed by atoms with van der Waals surface area (Å²) in [5.41, 5.74) is 1.33. The zero-order chi connectivity index (χ0) is 15.5. The summed E-state index contributed by atoms with van der Waals surface area (Å²) in [7, 11) is 0. The molecule has 0 radical (unpaired) electrons. The Balaban J connectivity index is 1.52. The lowest BCUT2D eigenvalue weighted by atomic mass is 9.85. The fourth-order valence-corrected chi connectivity index (χ4v) is 2.94. The summed E-state index contributed by atoms with van der Waals surface area (Å²) in [6, 6.07) is 10.5. The number of rotatable bonds is 6. The second-order valence-electron chi connectivity index (χ2n) is 6.07. The maximum Gasteiger partial charge on any atom is 0.172 e. The van der Waals surface area contributed by atoms with Crippen molar-refractivity contribution in [3.05, 3.63) is 60.2 Å². The molecule has 0 saturated heterocycles. The van der Waals surface area contributed by atoms with E-state index < -0.39 is 0 Å². The average Bonchev–Trinajstić information content (AvgIpc) is 3.15. The van der Waals surface area contributed by atoms with E-state index in [1.54, 1.807) is 17.3 Å². The van der Waals surface area contributed by atoms with Crippen LogP contribution in [0.3, 0.4) is 0 Å². The molecule has 3 aromatic rings. The molecule has 0 aliphatic heterocycles. The van der Waals surface area contributed by atoms with Gasteiger partial charge in [0.1, 0.15) is 25.0 Å². The number of nitrogens with zero attached hydrogens (tertiary/aromatic N) is 6. The molecule has 6 heteroatoms. The minimum absolute atomic E-state index is 0.572. The van der Waals surface area contributed by atoms with Crippen LogP contribution < -0.4 is 0 Å². The van der Waals surface area contributed by atoms with Crippen LogP contribution in [0.15, 0.2) is 43.0 Å². The van der Waals surface area contributed by atoms with Crippen LogP contribution >= 0.6 is 0 Å². The van der Waals surface area contributed by atoms with Gasteiger partial charge in [-0.15, -0.1) is 0 Å². The predicted molar refractivity (Wildman–Crippen MR) is 85.9 cm³/mol. The first-order chi connectivity index (χ1) is 11.4. The molecule has 0 N–H and O–H groups in total. The maximum absolute atomic E-state index is 4.78. The molecule has 118 valence electrons. The Bertz CT molecular complexity index is 743. The maximum atomic E-state index is 4.78. The van der Waals surface area contributed by atoms with Crippen molar-refractivity contribution in [2.45, 2.75) is 44.7 Å². The smallest absolute Gasteiger partial charge is 0.172 e. The van der Waals surface area contributed by atoms with Gasteiger partial charge in [-0.3, -0.25) is 0 Å². The Kier molecular flexibility index (Phi) is 3.88. The molecular formula is C17H20N6. The fourth-order valence-electron chi connectivity index (χ4n) is 2.94. The lowest BCUT2D eigenvalue weighted by Crippen LogP contribution is -2.17. The Labute approximate surface area is 135 Å². The summed E-state index contributed by atoms with van der Waals surface area (Å²) in [6.07, 6.45) is 7.98. The highest BCUT2D eigenvalue weighted by atomic mass is 15.4. The Morgan fingerprint density at radius 3 is 2.70 bits per heavy atom. The van der Waals surface area contributed by atoms with Crippen LogP contribution in [0, 0.1) is 0 Å². The van der Waals surface area contributed by atoms with Gasteiger partial charge >= 0.3 is 0 Å². The molecule has 6 nitrogen and oxygen atoms in total. The molecule has 23 heavy (non-hydrogen) atoms. The van der Waals surface area contributed by atoms with E-state index >= 15 is 0 Å². The van der Waals surface area contributed by atoms with E-state index in [1.807, 2.05) is 0 Å². The Hall–Kier alpha value is -2.50. The van der Waals surface area contributed by atoms with Crippen LogP contribution in [-0.4, -0.2) is 29.5 Å². The minimum atomic E-state index is 0.572. The summed E-state index contributed by atoms with van der Waals surface area (Å²) < 4.78 is 3.87. The summed E-state index contributed by atoms with van der Waals surface area (Å²) in [4.78, 5) is 8.76. The first-order valence-corrected chi connectivity index (χ1v) is 8.18. The molecular weight excluding hydrogens is 288 g/mol. The van der Waals surface area contributed by atoms with Crippen molar-refractivity contribution in [1.29, 1.82) is 0 Å². The average molecular weight is 308 g/mol. The van der Waals surface area contributed by atoms with E-state index in [0.717, 1.165) is 24.6 Å². The first kappa shape index (κ1) is 14.1. The molecule has 1 aliphatic rings. The van der Waals surface area contributed by atoms with Gasteiger partial charge in [-0.1, -0.05) is 36.8 Å². The predicted octanol–water partition coefficient (Wildman–Crippen LogP) is 2.43. The van der Waals surface area contributed by atoms with Gasteiger partial charge < -0.3 is 0 Å². The number of hydrogen-bond donors (Lipinski definition) is 0. The summed E-state index contributed by atoms with van der Waals surface area (Å²) in [5, 5.41) is 8.86.